The summed E-state index contributed by atoms with van der Waals surface area (Å²) in [6.45, 7) is 6.35. The van der Waals surface area contributed by atoms with Gasteiger partial charge in [-0.3, -0.25) is 14.2 Å². The van der Waals surface area contributed by atoms with Gasteiger partial charge in [-0.15, -0.1) is 0 Å². The van der Waals surface area contributed by atoms with E-state index in [1.165, 1.54) is 28.4 Å². The van der Waals surface area contributed by atoms with E-state index in [4.69, 9.17) is 9.72 Å². The van der Waals surface area contributed by atoms with Crippen LogP contribution in [0.2, 0.25) is 0 Å². The molecule has 0 fully saturated rings. The lowest BCUT2D eigenvalue weighted by Gasteiger charge is -2.27. The van der Waals surface area contributed by atoms with Crippen molar-refractivity contribution in [2.45, 2.75) is 51.0 Å². The van der Waals surface area contributed by atoms with Crippen molar-refractivity contribution < 1.29 is 9.53 Å². The van der Waals surface area contributed by atoms with E-state index >= 15 is 0 Å². The second kappa shape index (κ2) is 10.3. The summed E-state index contributed by atoms with van der Waals surface area (Å²) in [5, 5.41) is 2.36. The molecule has 0 atom stereocenters. The number of aromatic nitrogens is 3. The highest BCUT2D eigenvalue weighted by atomic mass is 32.2. The molecule has 7 nitrogen and oxygen atoms in total. The molecule has 35 heavy (non-hydrogen) atoms. The molecule has 2 aromatic heterocycles. The average molecular weight is 491 g/mol. The van der Waals surface area contributed by atoms with Crippen LogP contribution in [0.5, 0.6) is 0 Å². The highest BCUT2D eigenvalue weighted by molar-refractivity contribution is 7.99. The number of benzene rings is 2. The quantitative estimate of drug-likeness (QED) is 0.225. The number of hydrogen-bond donors (Lipinski definition) is 1. The first-order chi connectivity index (χ1) is 17.0. The Bertz CT molecular complexity index is 1430. The van der Waals surface area contributed by atoms with Crippen molar-refractivity contribution >= 4 is 39.5 Å². The molecule has 0 spiro atoms. The zero-order chi connectivity index (χ0) is 24.4. The number of carbonyl (C=O) groups excluding carboxylic acids is 1. The third-order valence-corrected chi connectivity index (χ3v) is 7.33. The van der Waals surface area contributed by atoms with E-state index in [-0.39, 0.29) is 23.3 Å². The lowest BCUT2D eigenvalue weighted by atomic mass is 10.0. The van der Waals surface area contributed by atoms with Crippen molar-refractivity contribution in [2.24, 2.45) is 0 Å². The number of rotatable bonds is 8. The Labute approximate surface area is 208 Å². The number of thioether (sulfide) groups is 1. The largest absolute Gasteiger partial charge is 0.379 e. The predicted molar refractivity (Wildman–Crippen MR) is 140 cm³/mol. The number of amides is 1. The number of fused-ring (bicyclic) bond motifs is 4. The number of nitrogens with one attached hydrogen (secondary N) is 1. The van der Waals surface area contributed by atoms with Gasteiger partial charge in [-0.1, -0.05) is 42.1 Å². The second-order valence-electron chi connectivity index (χ2n) is 9.12. The van der Waals surface area contributed by atoms with E-state index in [0.717, 1.165) is 11.9 Å². The fourth-order valence-electron chi connectivity index (χ4n) is 4.59. The average Bonchev–Trinajstić information content (AvgIpc) is 3.24. The van der Waals surface area contributed by atoms with Crippen LogP contribution >= 0.6 is 11.8 Å². The van der Waals surface area contributed by atoms with Gasteiger partial charge in [0.2, 0.25) is 5.91 Å². The molecule has 0 bridgehead atoms. The van der Waals surface area contributed by atoms with E-state index in [1.807, 2.05) is 49.1 Å². The monoisotopic (exact) mass is 490 g/mol. The van der Waals surface area contributed by atoms with Crippen LogP contribution < -0.4 is 5.56 Å². The molecule has 1 amide bonds. The Kier molecular flexibility index (Phi) is 6.92. The first-order valence-corrected chi connectivity index (χ1v) is 13.1. The van der Waals surface area contributed by atoms with E-state index < -0.39 is 0 Å². The molecule has 8 heteroatoms. The number of carbonyl (C=O) groups is 1. The van der Waals surface area contributed by atoms with Crippen molar-refractivity contribution in [3.05, 3.63) is 70.1 Å². The summed E-state index contributed by atoms with van der Waals surface area (Å²) in [4.78, 5) is 36.6. The molecule has 3 heterocycles. The highest BCUT2D eigenvalue weighted by Gasteiger charge is 2.24. The standard InChI is InChI=1S/C27H30N4O3S/c1-18(2)34-15-7-13-31-26(33)20-9-4-6-11-23(20)29-27(31)35-17-25(32)30-14-12-24-21(16-30)19-8-3-5-10-22(19)28-24/h3-6,8-11,18,28H,7,12-17H2,1-2H3. The van der Waals surface area contributed by atoms with Crippen LogP contribution in [0.25, 0.3) is 21.8 Å². The fraction of sp³-hybridized carbons (Fsp3) is 0.370. The number of hydrogen-bond acceptors (Lipinski definition) is 5. The Hall–Kier alpha value is -3.10. The summed E-state index contributed by atoms with van der Waals surface area (Å²) in [5.74, 6) is 0.299. The molecule has 1 aliphatic rings. The summed E-state index contributed by atoms with van der Waals surface area (Å²) >= 11 is 1.34. The van der Waals surface area contributed by atoms with Gasteiger partial charge in [-0.05, 0) is 38.5 Å². The Balaban J connectivity index is 1.33. The van der Waals surface area contributed by atoms with Crippen molar-refractivity contribution in [1.29, 1.82) is 0 Å². The molecule has 0 saturated heterocycles. The zero-order valence-corrected chi connectivity index (χ0v) is 20.9. The van der Waals surface area contributed by atoms with Gasteiger partial charge in [0.1, 0.15) is 0 Å². The van der Waals surface area contributed by atoms with Gasteiger partial charge in [0.05, 0.1) is 22.8 Å². The van der Waals surface area contributed by atoms with Crippen LogP contribution in [0.15, 0.2) is 58.5 Å². The van der Waals surface area contributed by atoms with Gasteiger partial charge in [0.15, 0.2) is 5.16 Å². The van der Waals surface area contributed by atoms with Crippen molar-refractivity contribution in [2.75, 3.05) is 18.9 Å². The maximum absolute atomic E-state index is 13.2. The SMILES string of the molecule is CC(C)OCCCn1c(SCC(=O)N2CCc3[nH]c4ccccc4c3C2)nc2ccccc2c1=O. The molecular weight excluding hydrogens is 460 g/mol. The molecule has 0 saturated carbocycles. The lowest BCUT2D eigenvalue weighted by Crippen LogP contribution is -2.37. The maximum Gasteiger partial charge on any atom is 0.262 e. The number of nitrogens with zero attached hydrogens (tertiary/aromatic N) is 3. The number of aromatic amines is 1. The van der Waals surface area contributed by atoms with Gasteiger partial charge >= 0.3 is 0 Å². The first kappa shape index (κ1) is 23.6. The second-order valence-corrected chi connectivity index (χ2v) is 10.1. The summed E-state index contributed by atoms with van der Waals surface area (Å²) < 4.78 is 7.35. The molecule has 0 radical (unpaired) electrons. The first-order valence-electron chi connectivity index (χ1n) is 12.1. The van der Waals surface area contributed by atoms with Gasteiger partial charge in [0, 0.05) is 54.8 Å². The molecule has 2 aromatic carbocycles. The van der Waals surface area contributed by atoms with Gasteiger partial charge in [-0.25, -0.2) is 4.98 Å². The molecular formula is C27H30N4O3S. The van der Waals surface area contributed by atoms with E-state index in [0.29, 0.717) is 48.7 Å². The zero-order valence-electron chi connectivity index (χ0n) is 20.1. The predicted octanol–water partition coefficient (Wildman–Crippen LogP) is 4.37. The van der Waals surface area contributed by atoms with Crippen LogP contribution in [-0.4, -0.2) is 50.4 Å². The Morgan fingerprint density at radius 1 is 1.14 bits per heavy atom. The minimum absolute atomic E-state index is 0.0584. The van der Waals surface area contributed by atoms with Crippen molar-refractivity contribution in [1.82, 2.24) is 19.4 Å². The van der Waals surface area contributed by atoms with Gasteiger partial charge in [0.25, 0.3) is 5.56 Å². The smallest absolute Gasteiger partial charge is 0.262 e. The summed E-state index contributed by atoms with van der Waals surface area (Å²) in [5.41, 5.74) is 4.12. The lowest BCUT2D eigenvalue weighted by molar-refractivity contribution is -0.129. The summed E-state index contributed by atoms with van der Waals surface area (Å²) in [6.07, 6.45) is 1.67. The van der Waals surface area contributed by atoms with Crippen molar-refractivity contribution in [3.63, 3.8) is 0 Å². The fourth-order valence-corrected chi connectivity index (χ4v) is 5.52. The minimum atomic E-state index is -0.0727. The van der Waals surface area contributed by atoms with Crippen molar-refractivity contribution in [3.8, 4) is 0 Å². The number of ether oxygens (including phenoxy) is 1. The molecule has 0 unspecified atom stereocenters. The van der Waals surface area contributed by atoms with Crippen LogP contribution in [0.4, 0.5) is 0 Å². The maximum atomic E-state index is 13.2. The van der Waals surface area contributed by atoms with Gasteiger partial charge < -0.3 is 14.6 Å². The molecule has 0 aliphatic carbocycles. The third kappa shape index (κ3) is 4.99. The molecule has 1 N–H and O–H groups in total. The minimum Gasteiger partial charge on any atom is -0.379 e. The topological polar surface area (TPSA) is 80.2 Å². The number of H-pyrrole nitrogens is 1. The summed E-state index contributed by atoms with van der Waals surface area (Å²) in [6, 6.07) is 15.6. The van der Waals surface area contributed by atoms with Crippen LogP contribution in [0, 0.1) is 0 Å². The van der Waals surface area contributed by atoms with E-state index in [1.54, 1.807) is 10.6 Å². The Morgan fingerprint density at radius 3 is 2.74 bits per heavy atom. The van der Waals surface area contributed by atoms with Crippen LogP contribution in [0.3, 0.4) is 0 Å². The highest BCUT2D eigenvalue weighted by Crippen LogP contribution is 2.28. The van der Waals surface area contributed by atoms with E-state index in [2.05, 4.69) is 17.1 Å². The molecule has 182 valence electrons. The molecule has 4 aromatic rings. The molecule has 1 aliphatic heterocycles. The Morgan fingerprint density at radius 2 is 1.91 bits per heavy atom. The summed E-state index contributed by atoms with van der Waals surface area (Å²) in [7, 11) is 0. The van der Waals surface area contributed by atoms with Crippen LogP contribution in [0.1, 0.15) is 31.5 Å². The van der Waals surface area contributed by atoms with Crippen LogP contribution in [-0.2, 0) is 29.0 Å². The normalized spacial score (nSPS) is 13.6. The van der Waals surface area contributed by atoms with Gasteiger partial charge in [-0.2, -0.15) is 0 Å². The number of para-hydroxylation sites is 2. The third-order valence-electron chi connectivity index (χ3n) is 6.36. The molecule has 5 rings (SSSR count). The van der Waals surface area contributed by atoms with E-state index in [9.17, 15) is 9.59 Å².